The minimum absolute atomic E-state index is 0.0729. The number of ether oxygens (including phenoxy) is 1. The van der Waals surface area contributed by atoms with Gasteiger partial charge in [-0.25, -0.2) is 4.79 Å². The average Bonchev–Trinajstić information content (AvgIpc) is 3.00. The number of hydrogen-bond acceptors (Lipinski definition) is 6. The number of methoxy groups -OCH3 is 1. The van der Waals surface area contributed by atoms with E-state index in [1.54, 1.807) is 7.11 Å². The van der Waals surface area contributed by atoms with E-state index in [9.17, 15) is 9.59 Å². The highest BCUT2D eigenvalue weighted by Gasteiger charge is 2.28. The fourth-order valence-corrected chi connectivity index (χ4v) is 6.08. The van der Waals surface area contributed by atoms with Gasteiger partial charge in [-0.2, -0.15) is 0 Å². The van der Waals surface area contributed by atoms with Crippen molar-refractivity contribution in [2.45, 2.75) is 72.5 Å². The Morgan fingerprint density at radius 2 is 1.70 bits per heavy atom. The molecule has 1 saturated heterocycles. The van der Waals surface area contributed by atoms with Crippen molar-refractivity contribution in [2.24, 2.45) is 0 Å². The second-order valence-corrected chi connectivity index (χ2v) is 11.8. The molecule has 1 aromatic heterocycles. The van der Waals surface area contributed by atoms with E-state index in [4.69, 9.17) is 4.74 Å². The Balaban J connectivity index is 1.31. The number of carbonyl (C=O) groups excluding carboxylic acids is 2. The smallest absolute Gasteiger partial charge is 0.319 e. The van der Waals surface area contributed by atoms with Gasteiger partial charge in [0.15, 0.2) is 0 Å². The first-order valence-electron chi connectivity index (χ1n) is 15.7. The molecule has 3 aromatic rings. The summed E-state index contributed by atoms with van der Waals surface area (Å²) in [5.74, 6) is 0.786. The molecule has 44 heavy (non-hydrogen) atoms. The zero-order valence-corrected chi connectivity index (χ0v) is 27.1. The van der Waals surface area contributed by atoms with Crippen LogP contribution < -0.4 is 25.6 Å². The van der Waals surface area contributed by atoms with Gasteiger partial charge in [0.2, 0.25) is 0 Å². The Bertz CT molecular complexity index is 1380. The number of pyridine rings is 1. The predicted octanol–water partition coefficient (Wildman–Crippen LogP) is 5.84. The zero-order chi connectivity index (χ0) is 31.6. The van der Waals surface area contributed by atoms with Crippen LogP contribution in [0.1, 0.15) is 65.7 Å². The number of piperidine rings is 1. The monoisotopic (exact) mass is 600 g/mol. The third kappa shape index (κ3) is 8.50. The van der Waals surface area contributed by atoms with Crippen LogP contribution in [0.15, 0.2) is 54.9 Å². The quantitative estimate of drug-likeness (QED) is 0.242. The van der Waals surface area contributed by atoms with Crippen molar-refractivity contribution in [3.05, 3.63) is 82.7 Å². The van der Waals surface area contributed by atoms with E-state index in [0.717, 1.165) is 55.8 Å². The number of urea groups is 1. The van der Waals surface area contributed by atoms with Crippen molar-refractivity contribution in [3.63, 3.8) is 0 Å². The van der Waals surface area contributed by atoms with Crippen LogP contribution in [0, 0.1) is 20.8 Å². The highest BCUT2D eigenvalue weighted by atomic mass is 16.5. The van der Waals surface area contributed by atoms with Gasteiger partial charge < -0.3 is 30.5 Å². The lowest BCUT2D eigenvalue weighted by molar-refractivity contribution is 0.0944. The minimum Gasteiger partial charge on any atom is -0.497 e. The first-order valence-corrected chi connectivity index (χ1v) is 15.7. The van der Waals surface area contributed by atoms with Crippen LogP contribution in [0.5, 0.6) is 5.75 Å². The summed E-state index contributed by atoms with van der Waals surface area (Å²) >= 11 is 0. The normalized spacial score (nSPS) is 14.5. The van der Waals surface area contributed by atoms with Crippen molar-refractivity contribution in [1.82, 2.24) is 20.5 Å². The third-order valence-corrected chi connectivity index (χ3v) is 8.66. The van der Waals surface area contributed by atoms with Crippen LogP contribution in [0.4, 0.5) is 16.2 Å². The van der Waals surface area contributed by atoms with Crippen molar-refractivity contribution in [1.29, 1.82) is 0 Å². The number of nitrogens with zero attached hydrogens (tertiary/aromatic N) is 3. The molecule has 1 aliphatic rings. The SMILES string of the molecule is CCNC(=O)Nc1cc(C)c(C(=O)NCCC(C)N2CCC(N(Cc3cnccc3C)c3ccc(OC)cc3)CC2)c(C)c1. The molecule has 236 valence electrons. The number of rotatable bonds is 12. The van der Waals surface area contributed by atoms with E-state index in [2.05, 4.69) is 62.8 Å². The minimum atomic E-state index is -0.251. The number of aromatic nitrogens is 1. The first kappa shape index (κ1) is 32.8. The summed E-state index contributed by atoms with van der Waals surface area (Å²) in [4.78, 5) is 34.5. The number of amides is 3. The highest BCUT2D eigenvalue weighted by molar-refractivity contribution is 5.98. The van der Waals surface area contributed by atoms with Crippen LogP contribution in [-0.4, -0.2) is 67.2 Å². The molecule has 0 radical (unpaired) electrons. The molecule has 4 rings (SSSR count). The van der Waals surface area contributed by atoms with Crippen LogP contribution in [0.2, 0.25) is 0 Å². The summed E-state index contributed by atoms with van der Waals surface area (Å²) in [5, 5.41) is 8.68. The molecule has 0 saturated carbocycles. The second kappa shape index (κ2) is 15.6. The summed E-state index contributed by atoms with van der Waals surface area (Å²) in [5.41, 5.74) is 6.72. The van der Waals surface area contributed by atoms with Gasteiger partial charge in [0.1, 0.15) is 5.75 Å². The van der Waals surface area contributed by atoms with E-state index >= 15 is 0 Å². The molecule has 1 unspecified atom stereocenters. The van der Waals surface area contributed by atoms with Crippen molar-refractivity contribution < 1.29 is 14.3 Å². The molecule has 1 fully saturated rings. The molecule has 0 spiro atoms. The van der Waals surface area contributed by atoms with Gasteiger partial charge in [-0.3, -0.25) is 9.78 Å². The number of anilines is 2. The molecule has 1 atom stereocenters. The summed E-state index contributed by atoms with van der Waals surface area (Å²) in [7, 11) is 1.70. The molecule has 0 bridgehead atoms. The Labute approximate surface area is 262 Å². The van der Waals surface area contributed by atoms with Gasteiger partial charge in [0.25, 0.3) is 5.91 Å². The maximum atomic E-state index is 13.1. The molecule has 9 heteroatoms. The Hall–Kier alpha value is -4.11. The second-order valence-electron chi connectivity index (χ2n) is 11.8. The lowest BCUT2D eigenvalue weighted by Gasteiger charge is -2.42. The van der Waals surface area contributed by atoms with Gasteiger partial charge in [-0.05, 0) is 119 Å². The summed E-state index contributed by atoms with van der Waals surface area (Å²) in [6.45, 7) is 14.1. The van der Waals surface area contributed by atoms with Crippen molar-refractivity contribution >= 4 is 23.3 Å². The van der Waals surface area contributed by atoms with Crippen LogP contribution in [0.3, 0.4) is 0 Å². The van der Waals surface area contributed by atoms with Crippen LogP contribution in [-0.2, 0) is 6.54 Å². The number of hydrogen-bond donors (Lipinski definition) is 3. The molecule has 3 amide bonds. The Kier molecular flexibility index (Phi) is 11.6. The highest BCUT2D eigenvalue weighted by Crippen LogP contribution is 2.29. The van der Waals surface area contributed by atoms with E-state index < -0.39 is 0 Å². The van der Waals surface area contributed by atoms with Crippen molar-refractivity contribution in [2.75, 3.05) is 43.5 Å². The number of likely N-dealkylation sites (tertiary alicyclic amines) is 1. The van der Waals surface area contributed by atoms with Crippen LogP contribution in [0.25, 0.3) is 0 Å². The Morgan fingerprint density at radius 3 is 2.32 bits per heavy atom. The number of carbonyl (C=O) groups is 2. The van der Waals surface area contributed by atoms with Gasteiger partial charge in [-0.1, -0.05) is 0 Å². The van der Waals surface area contributed by atoms with Crippen molar-refractivity contribution in [3.8, 4) is 5.75 Å². The average molecular weight is 601 g/mol. The molecule has 9 nitrogen and oxygen atoms in total. The van der Waals surface area contributed by atoms with Gasteiger partial charge in [0, 0.05) is 74.1 Å². The number of aryl methyl sites for hydroxylation is 3. The summed E-state index contributed by atoms with van der Waals surface area (Å²) < 4.78 is 5.40. The molecule has 2 aromatic carbocycles. The third-order valence-electron chi connectivity index (χ3n) is 8.66. The molecule has 2 heterocycles. The first-order chi connectivity index (χ1) is 21.2. The lowest BCUT2D eigenvalue weighted by atomic mass is 9.98. The molecule has 3 N–H and O–H groups in total. The largest absolute Gasteiger partial charge is 0.497 e. The fraction of sp³-hybridized carbons (Fsp3) is 0.457. The number of benzene rings is 2. The standard InChI is InChI=1S/C35H48N6O3/c1-7-37-35(43)39-29-20-25(3)33(26(4)21-29)34(42)38-17-13-27(5)40-18-14-31(15-19-40)41(23-28-22-36-16-12-24(28)2)30-8-10-32(44-6)11-9-30/h8-12,16,20-22,27,31H,7,13-15,17-19,23H2,1-6H3,(H,38,42)(H2,37,39,43). The molecule has 0 aliphatic carbocycles. The Morgan fingerprint density at radius 1 is 1.02 bits per heavy atom. The molecular formula is C35H48N6O3. The predicted molar refractivity (Wildman–Crippen MR) is 178 cm³/mol. The lowest BCUT2D eigenvalue weighted by Crippen LogP contribution is -2.48. The summed E-state index contributed by atoms with van der Waals surface area (Å²) in [6.07, 6.45) is 6.85. The molecular weight excluding hydrogens is 552 g/mol. The van der Waals surface area contributed by atoms with E-state index in [-0.39, 0.29) is 11.9 Å². The summed E-state index contributed by atoms with van der Waals surface area (Å²) in [6, 6.07) is 14.7. The van der Waals surface area contributed by atoms with Gasteiger partial charge >= 0.3 is 6.03 Å². The van der Waals surface area contributed by atoms with Gasteiger partial charge in [0.05, 0.1) is 7.11 Å². The number of nitrogens with one attached hydrogen (secondary N) is 3. The maximum absolute atomic E-state index is 13.1. The molecule has 1 aliphatic heterocycles. The van der Waals surface area contributed by atoms with Gasteiger partial charge in [-0.15, -0.1) is 0 Å². The fourth-order valence-electron chi connectivity index (χ4n) is 6.08. The van der Waals surface area contributed by atoms with E-state index in [1.807, 2.05) is 57.4 Å². The zero-order valence-electron chi connectivity index (χ0n) is 27.1. The topological polar surface area (TPSA) is 98.8 Å². The maximum Gasteiger partial charge on any atom is 0.319 e. The van der Waals surface area contributed by atoms with E-state index in [0.29, 0.717) is 36.4 Å². The van der Waals surface area contributed by atoms with Crippen LogP contribution >= 0.6 is 0 Å². The van der Waals surface area contributed by atoms with E-state index in [1.165, 1.54) is 16.8 Å².